The monoisotopic (exact) mass is 406 g/mol. The number of carbonyl (C=O) groups excluding carboxylic acids is 4. The summed E-state index contributed by atoms with van der Waals surface area (Å²) in [6, 6.07) is -2.58. The largest absolute Gasteiger partial charge is 0.368 e. The standard InChI is InChI=1S/C18H26N6O5/c1-9-14(23-16(26)10(2)29-9)17(27)22-12(6-11-7-20-8-21-11)18(28)24-5-3-4-13(24)15(19)25/h7-10,12-14H,3-6H2,1-2H3,(H2,19,25)(H,20,21)(H,22,27)(H,23,26). The number of amides is 4. The maximum Gasteiger partial charge on any atom is 0.249 e. The second kappa shape index (κ2) is 8.60. The number of ether oxygens (including phenoxy) is 1. The van der Waals surface area contributed by atoms with Crippen molar-refractivity contribution in [2.45, 2.75) is 63.4 Å². The second-order valence-corrected chi connectivity index (χ2v) is 7.40. The summed E-state index contributed by atoms with van der Waals surface area (Å²) in [5.41, 5.74) is 6.07. The third kappa shape index (κ3) is 4.56. The predicted molar refractivity (Wildman–Crippen MR) is 100 cm³/mol. The molecule has 0 aliphatic carbocycles. The zero-order chi connectivity index (χ0) is 21.1. The van der Waals surface area contributed by atoms with Crippen LogP contribution in [-0.2, 0) is 30.3 Å². The van der Waals surface area contributed by atoms with Crippen LogP contribution in [0.5, 0.6) is 0 Å². The molecule has 3 heterocycles. The van der Waals surface area contributed by atoms with Crippen LogP contribution in [0.1, 0.15) is 32.4 Å². The summed E-state index contributed by atoms with van der Waals surface area (Å²) < 4.78 is 5.48. The van der Waals surface area contributed by atoms with Crippen LogP contribution in [-0.4, -0.2) is 75.4 Å². The van der Waals surface area contributed by atoms with Crippen molar-refractivity contribution in [1.82, 2.24) is 25.5 Å². The lowest BCUT2D eigenvalue weighted by Crippen LogP contribution is -2.63. The Morgan fingerprint density at radius 3 is 2.83 bits per heavy atom. The molecule has 5 N–H and O–H groups in total. The van der Waals surface area contributed by atoms with Crippen molar-refractivity contribution in [3.63, 3.8) is 0 Å². The molecule has 2 fully saturated rings. The summed E-state index contributed by atoms with van der Waals surface area (Å²) in [6.07, 6.45) is 3.11. The summed E-state index contributed by atoms with van der Waals surface area (Å²) in [5.74, 6) is -1.91. The lowest BCUT2D eigenvalue weighted by Gasteiger charge is -2.34. The summed E-state index contributed by atoms with van der Waals surface area (Å²) in [7, 11) is 0. The maximum absolute atomic E-state index is 13.2. The lowest BCUT2D eigenvalue weighted by molar-refractivity contribution is -0.153. The minimum Gasteiger partial charge on any atom is -0.368 e. The number of nitrogens with zero attached hydrogens (tertiary/aromatic N) is 2. The fourth-order valence-corrected chi connectivity index (χ4v) is 3.73. The van der Waals surface area contributed by atoms with Gasteiger partial charge in [0.2, 0.25) is 23.6 Å². The van der Waals surface area contributed by atoms with Gasteiger partial charge in [-0.15, -0.1) is 0 Å². The third-order valence-electron chi connectivity index (χ3n) is 5.30. The average Bonchev–Trinajstić information content (AvgIpc) is 3.35. The normalized spacial score (nSPS) is 27.9. The fourth-order valence-electron chi connectivity index (χ4n) is 3.73. The highest BCUT2D eigenvalue weighted by molar-refractivity contribution is 5.95. The smallest absolute Gasteiger partial charge is 0.249 e. The number of imidazole rings is 1. The van der Waals surface area contributed by atoms with E-state index in [4.69, 9.17) is 10.5 Å². The molecule has 2 saturated heterocycles. The van der Waals surface area contributed by atoms with Crippen LogP contribution in [0.25, 0.3) is 0 Å². The number of rotatable bonds is 6. The number of primary amides is 1. The molecule has 158 valence electrons. The Morgan fingerprint density at radius 1 is 1.41 bits per heavy atom. The number of nitrogens with two attached hydrogens (primary N) is 1. The van der Waals surface area contributed by atoms with E-state index in [0.29, 0.717) is 25.1 Å². The molecule has 0 radical (unpaired) electrons. The van der Waals surface area contributed by atoms with Crippen LogP contribution in [0.15, 0.2) is 12.5 Å². The molecular formula is C18H26N6O5. The van der Waals surface area contributed by atoms with E-state index in [1.807, 2.05) is 0 Å². The SMILES string of the molecule is CC1OC(C)C(C(=O)NC(Cc2cnc[nH]2)C(=O)N2CCCC2C(N)=O)NC1=O. The Hall–Kier alpha value is -2.95. The van der Waals surface area contributed by atoms with Gasteiger partial charge < -0.3 is 31.0 Å². The second-order valence-electron chi connectivity index (χ2n) is 7.40. The van der Waals surface area contributed by atoms with Crippen LogP contribution >= 0.6 is 0 Å². The molecule has 0 bridgehead atoms. The van der Waals surface area contributed by atoms with Gasteiger partial charge in [0, 0.05) is 24.9 Å². The molecule has 1 aromatic heterocycles. The van der Waals surface area contributed by atoms with E-state index in [0.717, 1.165) is 0 Å². The number of H-pyrrole nitrogens is 1. The van der Waals surface area contributed by atoms with Gasteiger partial charge in [-0.1, -0.05) is 0 Å². The van der Waals surface area contributed by atoms with Gasteiger partial charge in [-0.2, -0.15) is 0 Å². The van der Waals surface area contributed by atoms with Gasteiger partial charge in [0.05, 0.1) is 12.4 Å². The number of morpholine rings is 1. The minimum atomic E-state index is -0.952. The van der Waals surface area contributed by atoms with Crippen molar-refractivity contribution in [3.8, 4) is 0 Å². The molecule has 1 aromatic rings. The number of hydrogen-bond acceptors (Lipinski definition) is 6. The van der Waals surface area contributed by atoms with E-state index in [9.17, 15) is 19.2 Å². The van der Waals surface area contributed by atoms with Gasteiger partial charge in [0.15, 0.2) is 0 Å². The third-order valence-corrected chi connectivity index (χ3v) is 5.30. The topological polar surface area (TPSA) is 160 Å². The first kappa shape index (κ1) is 20.8. The van der Waals surface area contributed by atoms with Crippen LogP contribution in [0.3, 0.4) is 0 Å². The van der Waals surface area contributed by atoms with Gasteiger partial charge in [0.1, 0.15) is 24.2 Å². The number of nitrogens with one attached hydrogen (secondary N) is 3. The first-order valence-electron chi connectivity index (χ1n) is 9.61. The molecule has 0 spiro atoms. The van der Waals surface area contributed by atoms with Crippen LogP contribution in [0.2, 0.25) is 0 Å². The highest BCUT2D eigenvalue weighted by atomic mass is 16.5. The molecule has 29 heavy (non-hydrogen) atoms. The van der Waals surface area contributed by atoms with E-state index >= 15 is 0 Å². The lowest BCUT2D eigenvalue weighted by atomic mass is 10.1. The molecular weight excluding hydrogens is 380 g/mol. The first-order chi connectivity index (χ1) is 13.8. The van der Waals surface area contributed by atoms with E-state index in [-0.39, 0.29) is 6.42 Å². The van der Waals surface area contributed by atoms with Crippen molar-refractivity contribution in [3.05, 3.63) is 18.2 Å². The Morgan fingerprint density at radius 2 is 2.17 bits per heavy atom. The number of aromatic nitrogens is 2. The quantitative estimate of drug-likeness (QED) is 0.436. The molecule has 0 saturated carbocycles. The Kier molecular flexibility index (Phi) is 6.16. The Labute approximate surface area is 167 Å². The van der Waals surface area contributed by atoms with Gasteiger partial charge in [-0.25, -0.2) is 4.98 Å². The van der Waals surface area contributed by atoms with Crippen molar-refractivity contribution in [2.24, 2.45) is 5.73 Å². The molecule has 11 heteroatoms. The number of hydrogen-bond donors (Lipinski definition) is 4. The van der Waals surface area contributed by atoms with Crippen LogP contribution in [0.4, 0.5) is 0 Å². The molecule has 0 aromatic carbocycles. The number of likely N-dealkylation sites (tertiary alicyclic amines) is 1. The van der Waals surface area contributed by atoms with Gasteiger partial charge in [-0.3, -0.25) is 19.2 Å². The summed E-state index contributed by atoms with van der Waals surface area (Å²) in [5, 5.41) is 5.32. The molecule has 2 aliphatic heterocycles. The molecule has 3 rings (SSSR count). The molecule has 5 atom stereocenters. The summed E-state index contributed by atoms with van der Waals surface area (Å²) in [6.45, 7) is 3.66. The van der Waals surface area contributed by atoms with E-state index in [1.54, 1.807) is 20.0 Å². The summed E-state index contributed by atoms with van der Waals surface area (Å²) in [4.78, 5) is 57.8. The van der Waals surface area contributed by atoms with E-state index < -0.39 is 54.0 Å². The van der Waals surface area contributed by atoms with Gasteiger partial charge >= 0.3 is 0 Å². The highest BCUT2D eigenvalue weighted by Gasteiger charge is 2.40. The van der Waals surface area contributed by atoms with E-state index in [1.165, 1.54) is 11.2 Å². The van der Waals surface area contributed by atoms with Crippen molar-refractivity contribution >= 4 is 23.6 Å². The van der Waals surface area contributed by atoms with Crippen LogP contribution < -0.4 is 16.4 Å². The number of aromatic amines is 1. The Bertz CT molecular complexity index is 782. The highest BCUT2D eigenvalue weighted by Crippen LogP contribution is 2.19. The summed E-state index contributed by atoms with van der Waals surface area (Å²) >= 11 is 0. The van der Waals surface area contributed by atoms with Gasteiger partial charge in [-0.05, 0) is 26.7 Å². The van der Waals surface area contributed by atoms with Crippen molar-refractivity contribution in [2.75, 3.05) is 6.54 Å². The fraction of sp³-hybridized carbons (Fsp3) is 0.611. The molecule has 5 unspecified atom stereocenters. The molecule has 2 aliphatic rings. The van der Waals surface area contributed by atoms with Crippen molar-refractivity contribution < 1.29 is 23.9 Å². The predicted octanol–water partition coefficient (Wildman–Crippen LogP) is -1.79. The van der Waals surface area contributed by atoms with E-state index in [2.05, 4.69) is 20.6 Å². The van der Waals surface area contributed by atoms with Crippen molar-refractivity contribution in [1.29, 1.82) is 0 Å². The molecule has 4 amide bonds. The maximum atomic E-state index is 13.2. The Balaban J connectivity index is 1.76. The zero-order valence-corrected chi connectivity index (χ0v) is 16.4. The average molecular weight is 406 g/mol. The van der Waals surface area contributed by atoms with Gasteiger partial charge in [0.25, 0.3) is 0 Å². The number of carbonyl (C=O) groups is 4. The minimum absolute atomic E-state index is 0.152. The van der Waals surface area contributed by atoms with Crippen LogP contribution in [0, 0.1) is 0 Å². The molecule has 11 nitrogen and oxygen atoms in total. The zero-order valence-electron chi connectivity index (χ0n) is 16.4. The first-order valence-corrected chi connectivity index (χ1v) is 9.61.